The van der Waals surface area contributed by atoms with Gasteiger partial charge in [0, 0.05) is 23.9 Å². The van der Waals surface area contributed by atoms with Crippen LogP contribution in [0.1, 0.15) is 17.3 Å². The maximum Gasteiger partial charge on any atom is 0.251 e. The minimum Gasteiger partial charge on any atom is -0.497 e. The van der Waals surface area contributed by atoms with E-state index in [0.29, 0.717) is 35.2 Å². The Morgan fingerprint density at radius 3 is 2.12 bits per heavy atom. The summed E-state index contributed by atoms with van der Waals surface area (Å²) >= 11 is 0. The highest BCUT2D eigenvalue weighted by Crippen LogP contribution is 2.38. The van der Waals surface area contributed by atoms with Crippen molar-refractivity contribution in [3.8, 4) is 23.0 Å². The molecule has 2 aromatic rings. The molecule has 0 saturated carbocycles. The number of anilines is 1. The van der Waals surface area contributed by atoms with Crippen LogP contribution in [0.2, 0.25) is 0 Å². The fourth-order valence-electron chi connectivity index (χ4n) is 3.03. The van der Waals surface area contributed by atoms with Gasteiger partial charge in [0.25, 0.3) is 5.91 Å². The van der Waals surface area contributed by atoms with E-state index in [2.05, 4.69) is 10.6 Å². The van der Waals surface area contributed by atoms with Crippen molar-refractivity contribution < 1.29 is 33.3 Å². The lowest BCUT2D eigenvalue weighted by Gasteiger charge is -2.21. The van der Waals surface area contributed by atoms with Gasteiger partial charge in [0.2, 0.25) is 17.6 Å². The van der Waals surface area contributed by atoms with Crippen molar-refractivity contribution in [2.75, 3.05) is 53.4 Å². The molecule has 0 spiro atoms. The molecular weight excluding hydrogens is 430 g/mol. The molecule has 0 fully saturated rings. The fourth-order valence-corrected chi connectivity index (χ4v) is 3.03. The van der Waals surface area contributed by atoms with Gasteiger partial charge in [-0.15, -0.1) is 0 Å². The second-order valence-electron chi connectivity index (χ2n) is 6.78. The summed E-state index contributed by atoms with van der Waals surface area (Å²) in [6, 6.07) is 9.87. The number of hydrogen-bond donors (Lipinski definition) is 2. The summed E-state index contributed by atoms with van der Waals surface area (Å²) in [6.07, 6.45) is 0. The van der Waals surface area contributed by atoms with Crippen LogP contribution in [-0.2, 0) is 9.59 Å². The van der Waals surface area contributed by atoms with E-state index in [9.17, 15) is 14.4 Å². The van der Waals surface area contributed by atoms with Crippen LogP contribution in [-0.4, -0.2) is 70.7 Å². The highest BCUT2D eigenvalue weighted by atomic mass is 16.5. The Morgan fingerprint density at radius 2 is 1.58 bits per heavy atom. The number of ether oxygens (including phenoxy) is 4. The Bertz CT molecular complexity index is 969. The number of methoxy groups -OCH3 is 4. The Balaban J connectivity index is 1.98. The van der Waals surface area contributed by atoms with Crippen LogP contribution in [0, 0.1) is 0 Å². The van der Waals surface area contributed by atoms with Gasteiger partial charge in [0.05, 0.1) is 41.5 Å². The van der Waals surface area contributed by atoms with Crippen LogP contribution in [0.15, 0.2) is 36.4 Å². The number of rotatable bonds is 11. The van der Waals surface area contributed by atoms with E-state index in [1.807, 2.05) is 0 Å². The number of nitrogens with zero attached hydrogens (tertiary/aromatic N) is 1. The molecule has 0 heterocycles. The quantitative estimate of drug-likeness (QED) is 0.528. The molecule has 2 aromatic carbocycles. The average Bonchev–Trinajstić information content (AvgIpc) is 2.84. The second-order valence-corrected chi connectivity index (χ2v) is 6.78. The topological polar surface area (TPSA) is 115 Å². The van der Waals surface area contributed by atoms with Crippen molar-refractivity contribution >= 4 is 23.4 Å². The van der Waals surface area contributed by atoms with E-state index in [-0.39, 0.29) is 24.6 Å². The number of amides is 3. The first kappa shape index (κ1) is 25.3. The SMILES string of the molecule is CCN(CC(=O)Nc1cccc(OC)c1)C(=O)CNC(=O)c1cc(OC)c(OC)c(OC)c1. The van der Waals surface area contributed by atoms with Gasteiger partial charge in [0.1, 0.15) is 5.75 Å². The molecule has 2 rings (SSSR count). The van der Waals surface area contributed by atoms with Gasteiger partial charge in [-0.05, 0) is 31.2 Å². The molecule has 0 aliphatic heterocycles. The third-order valence-corrected chi connectivity index (χ3v) is 4.75. The second kappa shape index (κ2) is 12.2. The van der Waals surface area contributed by atoms with E-state index in [1.54, 1.807) is 31.2 Å². The van der Waals surface area contributed by atoms with E-state index in [0.717, 1.165) is 0 Å². The smallest absolute Gasteiger partial charge is 0.251 e. The maximum absolute atomic E-state index is 12.6. The van der Waals surface area contributed by atoms with Gasteiger partial charge >= 0.3 is 0 Å². The summed E-state index contributed by atoms with van der Waals surface area (Å²) in [7, 11) is 5.88. The van der Waals surface area contributed by atoms with Gasteiger partial charge in [0.15, 0.2) is 11.5 Å². The van der Waals surface area contributed by atoms with Crippen molar-refractivity contribution in [2.24, 2.45) is 0 Å². The Labute approximate surface area is 192 Å². The van der Waals surface area contributed by atoms with Gasteiger partial charge < -0.3 is 34.5 Å². The van der Waals surface area contributed by atoms with E-state index in [4.69, 9.17) is 18.9 Å². The normalized spacial score (nSPS) is 10.1. The summed E-state index contributed by atoms with van der Waals surface area (Å²) in [5, 5.41) is 5.28. The van der Waals surface area contributed by atoms with Crippen molar-refractivity contribution in [1.29, 1.82) is 0 Å². The maximum atomic E-state index is 12.6. The molecule has 10 nitrogen and oxygen atoms in total. The number of benzene rings is 2. The number of carbonyl (C=O) groups excluding carboxylic acids is 3. The summed E-state index contributed by atoms with van der Waals surface area (Å²) in [6.45, 7) is 1.60. The zero-order valence-electron chi connectivity index (χ0n) is 19.4. The minimum absolute atomic E-state index is 0.160. The molecule has 3 amide bonds. The molecule has 33 heavy (non-hydrogen) atoms. The highest BCUT2D eigenvalue weighted by molar-refractivity contribution is 5.99. The molecule has 0 aliphatic carbocycles. The molecule has 0 bridgehead atoms. The van der Waals surface area contributed by atoms with Gasteiger partial charge in [-0.2, -0.15) is 0 Å². The lowest BCUT2D eigenvalue weighted by Crippen LogP contribution is -2.43. The molecular formula is C23H29N3O7. The lowest BCUT2D eigenvalue weighted by atomic mass is 10.1. The predicted octanol–water partition coefficient (Wildman–Crippen LogP) is 1.94. The van der Waals surface area contributed by atoms with Crippen LogP contribution in [0.4, 0.5) is 5.69 Å². The monoisotopic (exact) mass is 459 g/mol. The summed E-state index contributed by atoms with van der Waals surface area (Å²) < 4.78 is 20.9. The Hall–Kier alpha value is -3.95. The van der Waals surface area contributed by atoms with Crippen LogP contribution in [0.5, 0.6) is 23.0 Å². The minimum atomic E-state index is -0.500. The Kier molecular flexibility index (Phi) is 9.34. The summed E-state index contributed by atoms with van der Waals surface area (Å²) in [5.74, 6) is 0.320. The van der Waals surface area contributed by atoms with Gasteiger partial charge in [-0.25, -0.2) is 0 Å². The lowest BCUT2D eigenvalue weighted by molar-refractivity contribution is -0.133. The number of nitrogens with one attached hydrogen (secondary N) is 2. The summed E-state index contributed by atoms with van der Waals surface area (Å²) in [5.41, 5.74) is 0.787. The number of hydrogen-bond acceptors (Lipinski definition) is 7. The molecule has 0 radical (unpaired) electrons. The third kappa shape index (κ3) is 6.76. The Morgan fingerprint density at radius 1 is 0.909 bits per heavy atom. The highest BCUT2D eigenvalue weighted by Gasteiger charge is 2.20. The van der Waals surface area contributed by atoms with Crippen LogP contribution >= 0.6 is 0 Å². The first-order valence-electron chi connectivity index (χ1n) is 10.2. The third-order valence-electron chi connectivity index (χ3n) is 4.75. The van der Waals surface area contributed by atoms with Gasteiger partial charge in [-0.1, -0.05) is 6.07 Å². The molecule has 0 aliphatic rings. The predicted molar refractivity (Wildman–Crippen MR) is 122 cm³/mol. The van der Waals surface area contributed by atoms with Crippen molar-refractivity contribution in [3.05, 3.63) is 42.0 Å². The molecule has 0 saturated heterocycles. The van der Waals surface area contributed by atoms with E-state index in [1.165, 1.54) is 45.5 Å². The molecule has 178 valence electrons. The van der Waals surface area contributed by atoms with Crippen LogP contribution in [0.25, 0.3) is 0 Å². The molecule has 0 unspecified atom stereocenters. The van der Waals surface area contributed by atoms with E-state index >= 15 is 0 Å². The standard InChI is InChI=1S/C23H29N3O7/c1-6-26(14-20(27)25-16-8-7-9-17(12-16)30-2)21(28)13-24-23(29)15-10-18(31-3)22(33-5)19(11-15)32-4/h7-12H,6,13-14H2,1-5H3,(H,24,29)(H,25,27). The first-order valence-corrected chi connectivity index (χ1v) is 10.2. The number of likely N-dealkylation sites (N-methyl/N-ethyl adjacent to an activating group) is 1. The molecule has 10 heteroatoms. The average molecular weight is 459 g/mol. The van der Waals surface area contributed by atoms with Crippen LogP contribution in [0.3, 0.4) is 0 Å². The van der Waals surface area contributed by atoms with Crippen molar-refractivity contribution in [1.82, 2.24) is 10.2 Å². The molecule has 0 aromatic heterocycles. The zero-order valence-corrected chi connectivity index (χ0v) is 19.4. The summed E-state index contributed by atoms with van der Waals surface area (Å²) in [4.78, 5) is 38.9. The van der Waals surface area contributed by atoms with Crippen molar-refractivity contribution in [2.45, 2.75) is 6.92 Å². The van der Waals surface area contributed by atoms with E-state index < -0.39 is 11.8 Å². The fraction of sp³-hybridized carbons (Fsp3) is 0.348. The molecule has 0 atom stereocenters. The van der Waals surface area contributed by atoms with Crippen molar-refractivity contribution in [3.63, 3.8) is 0 Å². The molecule has 2 N–H and O–H groups in total. The number of carbonyl (C=O) groups is 3. The van der Waals surface area contributed by atoms with Gasteiger partial charge in [-0.3, -0.25) is 14.4 Å². The first-order chi connectivity index (χ1) is 15.9. The largest absolute Gasteiger partial charge is 0.497 e. The van der Waals surface area contributed by atoms with Crippen LogP contribution < -0.4 is 29.6 Å². The zero-order chi connectivity index (χ0) is 24.4.